The number of ketones is 1. The number of aliphatic hydroxyl groups excluding tert-OH is 1. The average molecular weight is 730 g/mol. The highest BCUT2D eigenvalue weighted by molar-refractivity contribution is 5.79. The Hall–Kier alpha value is -1.29. The van der Waals surface area contributed by atoms with Gasteiger partial charge in [-0.25, -0.2) is 0 Å². The summed E-state index contributed by atoms with van der Waals surface area (Å²) in [4.78, 5) is 14.1. The third kappa shape index (κ3) is 6.59. The van der Waals surface area contributed by atoms with Gasteiger partial charge in [0.15, 0.2) is 5.79 Å². The summed E-state index contributed by atoms with van der Waals surface area (Å²) >= 11 is 0. The van der Waals surface area contributed by atoms with Gasteiger partial charge in [-0.1, -0.05) is 20.1 Å². The number of Topliss-reactive ketones (excluding diaryl/α,β-unsaturated/α-hetero) is 1. The van der Waals surface area contributed by atoms with Gasteiger partial charge in [0.1, 0.15) is 36.3 Å². The van der Waals surface area contributed by atoms with E-state index >= 15 is 0 Å². The monoisotopic (exact) mass is 729 g/mol. The van der Waals surface area contributed by atoms with E-state index < -0.39 is 18.0 Å². The molecule has 0 aromatic rings. The SMILES string of the molecule is C=C1C2C[C@@H]3OC(C[C@H](O)CN)[C@H](OC)[C@H]3CC(=O)C[C@H]3CC[C@@H]4O[C@@H]5C6O[C@@H]7C[C@@](CC[C@H]8CC(=C)[C@H](CC[C@@H](C[C@H]1C)O2)O8)(O[C@H]57)O[C@H]6[C@H]4O3. The number of nitrogens with two attached hydrogens (primary N) is 1. The summed E-state index contributed by atoms with van der Waals surface area (Å²) in [5.41, 5.74) is 8.01. The van der Waals surface area contributed by atoms with Crippen LogP contribution in [0.15, 0.2) is 24.3 Å². The van der Waals surface area contributed by atoms with E-state index in [1.54, 1.807) is 7.11 Å². The molecule has 0 aliphatic carbocycles. The Kier molecular flexibility index (Phi) is 10.0. The van der Waals surface area contributed by atoms with Gasteiger partial charge < -0.3 is 53.5 Å². The fourth-order valence-electron chi connectivity index (χ4n) is 11.3. The maximum Gasteiger partial charge on any atom is 0.172 e. The first-order valence-corrected chi connectivity index (χ1v) is 20.2. The molecule has 3 N–H and O–H groups in total. The van der Waals surface area contributed by atoms with E-state index in [9.17, 15) is 9.90 Å². The van der Waals surface area contributed by atoms with Crippen LogP contribution in [0.3, 0.4) is 0 Å². The number of rotatable bonds is 4. The second-order valence-electron chi connectivity index (χ2n) is 17.4. The number of ether oxygens (including phenoxy) is 9. The van der Waals surface area contributed by atoms with E-state index in [0.29, 0.717) is 25.7 Å². The molecule has 0 saturated carbocycles. The summed E-state index contributed by atoms with van der Waals surface area (Å²) in [6.45, 7) is 11.3. The maximum absolute atomic E-state index is 14.1. The molecule has 0 aromatic carbocycles. The molecule has 10 aliphatic rings. The highest BCUT2D eigenvalue weighted by atomic mass is 16.8. The molecule has 12 bridgehead atoms. The summed E-state index contributed by atoms with van der Waals surface area (Å²) in [6.07, 6.45) is 4.85. The van der Waals surface area contributed by atoms with Crippen molar-refractivity contribution in [2.24, 2.45) is 17.6 Å². The Bertz CT molecular complexity index is 1380. The van der Waals surface area contributed by atoms with Crippen molar-refractivity contribution in [1.82, 2.24) is 0 Å². The molecule has 0 aromatic heterocycles. The van der Waals surface area contributed by atoms with Crippen LogP contribution in [-0.4, -0.2) is 128 Å². The zero-order valence-corrected chi connectivity index (χ0v) is 30.8. The standard InChI is InChI=1S/C40H59NO11/c1-19-11-24-5-7-28-20(2)12-26(45-28)9-10-40-17-33-36(51-40)37-38(50-33)39(52-40)35-29(49-37)8-6-25(47-35)13-22(42)14-27-31(16-30(46-24)21(19)3)48-32(34(27)44-4)15-23(43)18-41/h19,23-39,43H,2-3,5-18,41H2,1,4H3/t19-,23+,24+,25-,26+,27+,28+,29+,30?,31+,32?,33-,34-,35+,36+,37+,38?,39+,40+/m1/s1. The van der Waals surface area contributed by atoms with Crippen molar-refractivity contribution in [3.63, 3.8) is 0 Å². The molecule has 10 saturated heterocycles. The summed E-state index contributed by atoms with van der Waals surface area (Å²) in [6, 6.07) is 0. The lowest BCUT2D eigenvalue weighted by atomic mass is 9.81. The lowest BCUT2D eigenvalue weighted by Crippen LogP contribution is -2.61. The lowest BCUT2D eigenvalue weighted by molar-refractivity contribution is -0.292. The summed E-state index contributed by atoms with van der Waals surface area (Å²) in [7, 11) is 1.66. The van der Waals surface area contributed by atoms with Crippen molar-refractivity contribution in [1.29, 1.82) is 0 Å². The van der Waals surface area contributed by atoms with Gasteiger partial charge in [-0.2, -0.15) is 0 Å². The quantitative estimate of drug-likeness (QED) is 0.409. The van der Waals surface area contributed by atoms with Crippen molar-refractivity contribution in [2.45, 2.75) is 194 Å². The van der Waals surface area contributed by atoms with Gasteiger partial charge in [0.05, 0.1) is 67.1 Å². The van der Waals surface area contributed by atoms with E-state index in [0.717, 1.165) is 56.1 Å². The van der Waals surface area contributed by atoms with Gasteiger partial charge in [-0.05, 0) is 62.0 Å². The molecule has 52 heavy (non-hydrogen) atoms. The number of methoxy groups -OCH3 is 1. The van der Waals surface area contributed by atoms with Gasteiger partial charge in [-0.15, -0.1) is 0 Å². The second kappa shape index (κ2) is 14.3. The molecule has 0 amide bonds. The van der Waals surface area contributed by atoms with Gasteiger partial charge in [0.25, 0.3) is 0 Å². The third-order valence-electron chi connectivity index (χ3n) is 14.0. The zero-order chi connectivity index (χ0) is 35.9. The van der Waals surface area contributed by atoms with Crippen LogP contribution in [0.25, 0.3) is 0 Å². The van der Waals surface area contributed by atoms with Crippen molar-refractivity contribution >= 4 is 5.78 Å². The van der Waals surface area contributed by atoms with Crippen molar-refractivity contribution in [2.75, 3.05) is 13.7 Å². The lowest BCUT2D eigenvalue weighted by Gasteiger charge is -2.47. The second-order valence-corrected chi connectivity index (χ2v) is 17.4. The number of aliphatic hydroxyl groups is 1. The van der Waals surface area contributed by atoms with Crippen LogP contribution in [0.5, 0.6) is 0 Å². The van der Waals surface area contributed by atoms with E-state index in [-0.39, 0.29) is 122 Å². The predicted molar refractivity (Wildman–Crippen MR) is 186 cm³/mol. The molecule has 12 heteroatoms. The number of fused-ring (bicyclic) bond motifs is 6. The third-order valence-corrected chi connectivity index (χ3v) is 14.0. The summed E-state index contributed by atoms with van der Waals surface area (Å²) in [5.74, 6) is -0.619. The number of carbonyl (C=O) groups excluding carboxylic acids is 1. The zero-order valence-electron chi connectivity index (χ0n) is 30.8. The first-order chi connectivity index (χ1) is 25.1. The first-order valence-electron chi connectivity index (χ1n) is 20.2. The molecule has 10 fully saturated rings. The molecule has 0 radical (unpaired) electrons. The first kappa shape index (κ1) is 36.4. The van der Waals surface area contributed by atoms with Crippen LogP contribution in [0.1, 0.15) is 90.4 Å². The molecule has 12 nitrogen and oxygen atoms in total. The van der Waals surface area contributed by atoms with Gasteiger partial charge >= 0.3 is 0 Å². The van der Waals surface area contributed by atoms with Gasteiger partial charge in [0.2, 0.25) is 0 Å². The highest BCUT2D eigenvalue weighted by Crippen LogP contribution is 2.54. The Morgan fingerprint density at radius 3 is 2.38 bits per heavy atom. The molecular formula is C40H59NO11. The smallest absolute Gasteiger partial charge is 0.172 e. The molecule has 10 rings (SSSR count). The Balaban J connectivity index is 0.994. The van der Waals surface area contributed by atoms with Gasteiger partial charge in [0, 0.05) is 58.1 Å². The van der Waals surface area contributed by atoms with Crippen molar-refractivity contribution in [3.8, 4) is 0 Å². The molecule has 1 spiro atoms. The highest BCUT2D eigenvalue weighted by Gasteiger charge is 2.68. The summed E-state index contributed by atoms with van der Waals surface area (Å²) < 4.78 is 60.0. The van der Waals surface area contributed by atoms with Crippen LogP contribution in [0.2, 0.25) is 0 Å². The average Bonchev–Trinajstić information content (AvgIpc) is 3.79. The normalized spacial score (nSPS) is 52.4. The summed E-state index contributed by atoms with van der Waals surface area (Å²) in [5, 5.41) is 10.5. The van der Waals surface area contributed by atoms with Crippen LogP contribution in [0.4, 0.5) is 0 Å². The number of hydrogen-bond acceptors (Lipinski definition) is 12. The van der Waals surface area contributed by atoms with Crippen molar-refractivity contribution < 1.29 is 52.5 Å². The van der Waals surface area contributed by atoms with Crippen LogP contribution < -0.4 is 5.73 Å². The maximum atomic E-state index is 14.1. The minimum Gasteiger partial charge on any atom is -0.392 e. The van der Waals surface area contributed by atoms with Crippen LogP contribution in [-0.2, 0) is 47.4 Å². The minimum atomic E-state index is -0.780. The van der Waals surface area contributed by atoms with Crippen LogP contribution >= 0.6 is 0 Å². The topological polar surface area (TPSA) is 146 Å². The fourth-order valence-corrected chi connectivity index (χ4v) is 11.3. The van der Waals surface area contributed by atoms with Crippen LogP contribution in [0, 0.1) is 11.8 Å². The molecule has 290 valence electrons. The molecule has 19 atom stereocenters. The Morgan fingerprint density at radius 2 is 1.56 bits per heavy atom. The van der Waals surface area contributed by atoms with E-state index in [1.807, 2.05) is 0 Å². The minimum absolute atomic E-state index is 0.0158. The van der Waals surface area contributed by atoms with E-state index in [1.165, 1.54) is 0 Å². The van der Waals surface area contributed by atoms with E-state index in [4.69, 9.17) is 48.4 Å². The van der Waals surface area contributed by atoms with Crippen molar-refractivity contribution in [3.05, 3.63) is 24.3 Å². The molecule has 3 unspecified atom stereocenters. The Morgan fingerprint density at radius 1 is 0.808 bits per heavy atom. The van der Waals surface area contributed by atoms with Gasteiger partial charge in [-0.3, -0.25) is 4.79 Å². The number of hydrogen-bond donors (Lipinski definition) is 2. The largest absolute Gasteiger partial charge is 0.392 e. The molecular weight excluding hydrogens is 670 g/mol. The molecule has 10 aliphatic heterocycles. The molecule has 10 heterocycles. The Labute approximate surface area is 307 Å². The number of carbonyl (C=O) groups is 1. The predicted octanol–water partition coefficient (Wildman–Crippen LogP) is 3.44. The fraction of sp³-hybridized carbons (Fsp3) is 0.875. The van der Waals surface area contributed by atoms with E-state index in [2.05, 4.69) is 20.1 Å².